The Morgan fingerprint density at radius 2 is 1.64 bits per heavy atom. The third-order valence-corrected chi connectivity index (χ3v) is 10.4. The molecular formula is C31H36N2O7S2. The van der Waals surface area contributed by atoms with Crippen LogP contribution in [0.1, 0.15) is 72.3 Å². The molecule has 0 aliphatic carbocycles. The van der Waals surface area contributed by atoms with Crippen molar-refractivity contribution in [3.8, 4) is 11.6 Å². The van der Waals surface area contributed by atoms with Crippen LogP contribution in [0.5, 0.6) is 5.88 Å². The quantitative estimate of drug-likeness (QED) is 0.185. The Morgan fingerprint density at radius 1 is 0.976 bits per heavy atom. The third kappa shape index (κ3) is 6.23. The van der Waals surface area contributed by atoms with Crippen LogP contribution < -0.4 is 5.69 Å². The number of aryl methyl sites for hydroxylation is 1. The molecule has 0 saturated heterocycles. The second-order valence-electron chi connectivity index (χ2n) is 10.8. The number of carbonyl (C=O) groups is 1. The van der Waals surface area contributed by atoms with Crippen molar-refractivity contribution in [3.63, 3.8) is 0 Å². The number of carboxylic acids is 1. The van der Waals surface area contributed by atoms with Gasteiger partial charge in [-0.3, -0.25) is 4.57 Å². The maximum atomic E-state index is 13.7. The lowest BCUT2D eigenvalue weighted by Crippen LogP contribution is -2.33. The van der Waals surface area contributed by atoms with Crippen molar-refractivity contribution in [1.82, 2.24) is 8.54 Å². The number of thiophene rings is 1. The summed E-state index contributed by atoms with van der Waals surface area (Å²) in [7, 11) is -4.41. The minimum Gasteiger partial charge on any atom is -0.492 e. The first-order valence-corrected chi connectivity index (χ1v) is 16.1. The van der Waals surface area contributed by atoms with Crippen molar-refractivity contribution in [3.05, 3.63) is 98.2 Å². The van der Waals surface area contributed by atoms with Crippen LogP contribution in [0.2, 0.25) is 0 Å². The molecule has 11 heteroatoms. The molecule has 4 rings (SSSR count). The van der Waals surface area contributed by atoms with Crippen LogP contribution in [0.3, 0.4) is 0 Å². The molecule has 4 aromatic rings. The number of benzene rings is 2. The van der Waals surface area contributed by atoms with Gasteiger partial charge in [-0.25, -0.2) is 18.0 Å². The van der Waals surface area contributed by atoms with Gasteiger partial charge in [0.2, 0.25) is 5.88 Å². The molecule has 9 nitrogen and oxygen atoms in total. The highest BCUT2D eigenvalue weighted by atomic mass is 32.2. The van der Waals surface area contributed by atoms with Crippen LogP contribution in [0.15, 0.2) is 76.4 Å². The molecule has 42 heavy (non-hydrogen) atoms. The van der Waals surface area contributed by atoms with Gasteiger partial charge in [-0.1, -0.05) is 63.9 Å². The largest absolute Gasteiger partial charge is 0.492 e. The molecule has 2 heterocycles. The number of aliphatic hydroxyl groups is 1. The van der Waals surface area contributed by atoms with Crippen LogP contribution in [0, 0.1) is 0 Å². The number of nitrogens with zero attached hydrogens (tertiary/aromatic N) is 2. The number of carboxylic acid groups (broad SMARTS) is 1. The molecule has 0 aliphatic rings. The molecule has 2 aromatic carbocycles. The monoisotopic (exact) mass is 612 g/mol. The maximum Gasteiger partial charge on any atom is 0.350 e. The van der Waals surface area contributed by atoms with Crippen LogP contribution in [-0.2, 0) is 28.3 Å². The van der Waals surface area contributed by atoms with E-state index in [1.807, 2.05) is 13.8 Å². The molecule has 1 unspecified atom stereocenters. The molecule has 0 bridgehead atoms. The van der Waals surface area contributed by atoms with Crippen molar-refractivity contribution < 1.29 is 28.5 Å². The van der Waals surface area contributed by atoms with E-state index in [9.17, 15) is 33.3 Å². The van der Waals surface area contributed by atoms with Gasteiger partial charge in [-0.05, 0) is 67.6 Å². The van der Waals surface area contributed by atoms with E-state index >= 15 is 0 Å². The summed E-state index contributed by atoms with van der Waals surface area (Å²) in [6.45, 7) is 5.97. The number of hydrogen-bond donors (Lipinski definition) is 3. The number of rotatable bonds is 13. The smallest absolute Gasteiger partial charge is 0.350 e. The number of aromatic carboxylic acids is 1. The zero-order valence-corrected chi connectivity index (χ0v) is 25.5. The highest BCUT2D eigenvalue weighted by Crippen LogP contribution is 2.32. The van der Waals surface area contributed by atoms with Gasteiger partial charge in [0.25, 0.3) is 10.0 Å². The lowest BCUT2D eigenvalue weighted by atomic mass is 9.77. The highest BCUT2D eigenvalue weighted by molar-refractivity contribution is 7.90. The Bertz CT molecular complexity index is 1700. The van der Waals surface area contributed by atoms with Crippen LogP contribution >= 0.6 is 11.3 Å². The molecule has 224 valence electrons. The van der Waals surface area contributed by atoms with Gasteiger partial charge in [-0.15, -0.1) is 15.3 Å². The number of aliphatic hydroxyl groups excluding tert-OH is 1. The van der Waals surface area contributed by atoms with Crippen molar-refractivity contribution in [2.45, 2.75) is 75.7 Å². The fourth-order valence-electron chi connectivity index (χ4n) is 4.97. The summed E-state index contributed by atoms with van der Waals surface area (Å²) in [6, 6.07) is 17.7. The molecule has 0 fully saturated rings. The van der Waals surface area contributed by atoms with Gasteiger partial charge in [0.05, 0.1) is 22.4 Å². The van der Waals surface area contributed by atoms with E-state index in [1.165, 1.54) is 34.9 Å². The molecule has 2 aromatic heterocycles. The summed E-state index contributed by atoms with van der Waals surface area (Å²) < 4.78 is 28.6. The highest BCUT2D eigenvalue weighted by Gasteiger charge is 2.31. The maximum absolute atomic E-state index is 13.7. The molecule has 0 amide bonds. The van der Waals surface area contributed by atoms with E-state index in [4.69, 9.17) is 0 Å². The average Bonchev–Trinajstić information content (AvgIpc) is 3.54. The van der Waals surface area contributed by atoms with Gasteiger partial charge in [0.15, 0.2) is 0 Å². The second kappa shape index (κ2) is 12.7. The summed E-state index contributed by atoms with van der Waals surface area (Å²) in [6.07, 6.45) is 3.01. The summed E-state index contributed by atoms with van der Waals surface area (Å²) in [5, 5.41) is 31.2. The van der Waals surface area contributed by atoms with E-state index in [0.717, 1.165) is 34.6 Å². The molecule has 0 spiro atoms. The first-order chi connectivity index (χ1) is 19.9. The predicted molar refractivity (Wildman–Crippen MR) is 163 cm³/mol. The van der Waals surface area contributed by atoms with E-state index in [0.29, 0.717) is 28.9 Å². The van der Waals surface area contributed by atoms with Crippen molar-refractivity contribution in [1.29, 1.82) is 0 Å². The molecule has 0 radical (unpaired) electrons. The van der Waals surface area contributed by atoms with E-state index in [2.05, 4.69) is 6.92 Å². The van der Waals surface area contributed by atoms with E-state index in [-0.39, 0.29) is 21.9 Å². The first-order valence-electron chi connectivity index (χ1n) is 13.9. The predicted octanol–water partition coefficient (Wildman–Crippen LogP) is 5.35. The molecule has 0 saturated carbocycles. The van der Waals surface area contributed by atoms with Crippen LogP contribution in [0.25, 0.3) is 5.69 Å². The summed E-state index contributed by atoms with van der Waals surface area (Å²) in [5.74, 6) is -1.67. The SMILES string of the molecule is CCCCC(O)C(C)(C)c1ccc(-n2c(CCCc3ccc(C(=O)O)s3)c(O)n(S(=O)(=O)c3ccccc3)c2=O)cc1. The molecular weight excluding hydrogens is 576 g/mol. The number of imidazole rings is 1. The Morgan fingerprint density at radius 3 is 2.24 bits per heavy atom. The van der Waals surface area contributed by atoms with Crippen molar-refractivity contribution >= 4 is 27.3 Å². The number of aromatic nitrogens is 2. The fourth-order valence-corrected chi connectivity index (χ4v) is 7.19. The number of aromatic hydroxyl groups is 1. The first kappa shape index (κ1) is 31.3. The van der Waals surface area contributed by atoms with Crippen molar-refractivity contribution in [2.24, 2.45) is 0 Å². The summed E-state index contributed by atoms with van der Waals surface area (Å²) in [5.41, 5.74) is -0.117. The zero-order chi connectivity index (χ0) is 30.7. The molecule has 1 atom stereocenters. The topological polar surface area (TPSA) is 139 Å². The number of hydrogen-bond acceptors (Lipinski definition) is 7. The van der Waals surface area contributed by atoms with Crippen molar-refractivity contribution in [2.75, 3.05) is 0 Å². The average molecular weight is 613 g/mol. The third-order valence-electron chi connectivity index (χ3n) is 7.61. The zero-order valence-electron chi connectivity index (χ0n) is 23.9. The molecule has 0 aliphatic heterocycles. The minimum absolute atomic E-state index is 0.129. The fraction of sp³-hybridized carbons (Fsp3) is 0.355. The Hall–Kier alpha value is -3.67. The second-order valence-corrected chi connectivity index (χ2v) is 13.8. The summed E-state index contributed by atoms with van der Waals surface area (Å²) in [4.78, 5) is 25.9. The van der Waals surface area contributed by atoms with Crippen LogP contribution in [0.4, 0.5) is 0 Å². The lowest BCUT2D eigenvalue weighted by Gasteiger charge is -2.31. The minimum atomic E-state index is -4.41. The molecule has 3 N–H and O–H groups in total. The van der Waals surface area contributed by atoms with Gasteiger partial charge >= 0.3 is 11.7 Å². The van der Waals surface area contributed by atoms with Gasteiger partial charge < -0.3 is 15.3 Å². The lowest BCUT2D eigenvalue weighted by molar-refractivity contribution is 0.0702. The van der Waals surface area contributed by atoms with Gasteiger partial charge in [0, 0.05) is 10.3 Å². The van der Waals surface area contributed by atoms with Gasteiger partial charge in [-0.2, -0.15) is 0 Å². The number of unbranched alkanes of at least 4 members (excludes halogenated alkanes) is 1. The Labute approximate surface area is 249 Å². The van der Waals surface area contributed by atoms with Gasteiger partial charge in [0.1, 0.15) is 4.88 Å². The van der Waals surface area contributed by atoms with Crippen LogP contribution in [-0.4, -0.2) is 44.4 Å². The Balaban J connectivity index is 1.74. The Kier molecular flexibility index (Phi) is 9.44. The van der Waals surface area contributed by atoms with E-state index < -0.39 is 39.1 Å². The van der Waals surface area contributed by atoms with E-state index in [1.54, 1.807) is 36.4 Å². The normalized spacial score (nSPS) is 12.9. The standard InChI is InChI=1S/C31H36N2O7S2/c1-4-5-14-27(34)31(2,3)21-15-17-22(18-16-21)32-25(13-9-10-23-19-20-26(41-23)29(36)37)28(35)33(30(32)38)42(39,40)24-11-7-6-8-12-24/h6-8,11-12,15-20,27,34-35H,4-5,9-10,13-14H2,1-3H3,(H,36,37). The summed E-state index contributed by atoms with van der Waals surface area (Å²) >= 11 is 1.15.